The predicted molar refractivity (Wildman–Crippen MR) is 73.8 cm³/mol. The highest BCUT2D eigenvalue weighted by molar-refractivity contribution is 7.92. The Morgan fingerprint density at radius 1 is 1.16 bits per heavy atom. The van der Waals surface area contributed by atoms with Crippen LogP contribution in [0, 0.1) is 0 Å². The van der Waals surface area contributed by atoms with E-state index in [2.05, 4.69) is 0 Å². The highest BCUT2D eigenvalue weighted by atomic mass is 32.2. The summed E-state index contributed by atoms with van der Waals surface area (Å²) < 4.78 is 51.1. The molecule has 19 heavy (non-hydrogen) atoms. The van der Waals surface area contributed by atoms with Crippen LogP contribution in [0.5, 0.6) is 5.75 Å². The van der Waals surface area contributed by atoms with Crippen LogP contribution >= 0.6 is 0 Å². The summed E-state index contributed by atoms with van der Waals surface area (Å²) in [5.74, 6) is -0.247. The summed E-state index contributed by atoms with van der Waals surface area (Å²) in [7, 11) is -5.40. The normalized spacial score (nSPS) is 12.3. The molecule has 0 amide bonds. The quantitative estimate of drug-likeness (QED) is 0.767. The highest BCUT2D eigenvalue weighted by Crippen LogP contribution is 2.27. The molecule has 0 aliphatic rings. The molecule has 2 N–H and O–H groups in total. The second-order valence-corrected chi connectivity index (χ2v) is 8.55. The number of nitrogen functional groups attached to an aromatic ring is 1. The van der Waals surface area contributed by atoms with Crippen molar-refractivity contribution < 1.29 is 21.6 Å². The summed E-state index contributed by atoms with van der Waals surface area (Å²) in [6.45, 7) is 0. The second-order valence-electron chi connectivity index (χ2n) is 4.21. The number of hydrogen-bond donors (Lipinski definition) is 1. The van der Waals surface area contributed by atoms with Gasteiger partial charge >= 0.3 is 0 Å². The van der Waals surface area contributed by atoms with Gasteiger partial charge in [-0.15, -0.1) is 0 Å². The maximum atomic E-state index is 12.1. The number of benzene rings is 1. The molecule has 0 atom stereocenters. The average molecular weight is 307 g/mol. The number of methoxy groups -OCH3 is 1. The van der Waals surface area contributed by atoms with Crippen LogP contribution in [-0.2, 0) is 19.7 Å². The number of nitrogens with two attached hydrogens (primary N) is 1. The van der Waals surface area contributed by atoms with E-state index in [1.807, 2.05) is 0 Å². The topological polar surface area (TPSA) is 104 Å². The minimum absolute atomic E-state index is 0.0256. The first-order chi connectivity index (χ1) is 8.65. The molecule has 8 heteroatoms. The Balaban J connectivity index is 2.95. The third-order valence-corrected chi connectivity index (χ3v) is 5.31. The van der Waals surface area contributed by atoms with Crippen molar-refractivity contribution in [2.75, 3.05) is 30.6 Å². The van der Waals surface area contributed by atoms with Crippen LogP contribution in [-0.4, -0.2) is 41.7 Å². The van der Waals surface area contributed by atoms with Crippen molar-refractivity contribution in [3.63, 3.8) is 0 Å². The minimum Gasteiger partial charge on any atom is -0.495 e. The number of sulfone groups is 2. The summed E-state index contributed by atoms with van der Waals surface area (Å²) in [4.78, 5) is 0.0256. The van der Waals surface area contributed by atoms with E-state index in [0.29, 0.717) is 5.69 Å². The van der Waals surface area contributed by atoms with Crippen molar-refractivity contribution in [3.8, 4) is 5.75 Å². The molecule has 1 rings (SSSR count). The summed E-state index contributed by atoms with van der Waals surface area (Å²) in [6, 6.07) is 4.25. The zero-order valence-corrected chi connectivity index (χ0v) is 12.4. The van der Waals surface area contributed by atoms with Gasteiger partial charge < -0.3 is 10.5 Å². The Morgan fingerprint density at radius 3 is 2.32 bits per heavy atom. The molecular weight excluding hydrogens is 290 g/mol. The minimum atomic E-state index is -3.59. The van der Waals surface area contributed by atoms with Crippen molar-refractivity contribution in [3.05, 3.63) is 18.2 Å². The molecule has 0 saturated carbocycles. The maximum absolute atomic E-state index is 12.1. The first kappa shape index (κ1) is 15.8. The molecule has 0 spiro atoms. The zero-order valence-electron chi connectivity index (χ0n) is 10.8. The van der Waals surface area contributed by atoms with Gasteiger partial charge in [-0.1, -0.05) is 0 Å². The third kappa shape index (κ3) is 4.71. The monoisotopic (exact) mass is 307 g/mol. The van der Waals surface area contributed by atoms with E-state index in [1.165, 1.54) is 25.3 Å². The van der Waals surface area contributed by atoms with E-state index in [9.17, 15) is 16.8 Å². The summed E-state index contributed by atoms with van der Waals surface area (Å²) in [5.41, 5.74) is 5.94. The van der Waals surface area contributed by atoms with E-state index < -0.39 is 19.7 Å². The lowest BCUT2D eigenvalue weighted by Gasteiger charge is -2.10. The molecule has 0 aromatic heterocycles. The van der Waals surface area contributed by atoms with Gasteiger partial charge in [0, 0.05) is 18.0 Å². The Hall–Kier alpha value is -1.28. The Morgan fingerprint density at radius 2 is 1.79 bits per heavy atom. The van der Waals surface area contributed by atoms with Gasteiger partial charge in [-0.05, 0) is 18.6 Å². The standard InChI is InChI=1S/C11H17NO5S2/c1-17-10-8-9(12)4-5-11(10)19(15,16)7-3-6-18(2,13)14/h4-5,8H,3,6-7,12H2,1-2H3. The fraction of sp³-hybridized carbons (Fsp3) is 0.455. The van der Waals surface area contributed by atoms with Crippen LogP contribution in [0.1, 0.15) is 6.42 Å². The van der Waals surface area contributed by atoms with Crippen LogP contribution in [0.15, 0.2) is 23.1 Å². The Labute approximate surface area is 113 Å². The maximum Gasteiger partial charge on any atom is 0.182 e. The third-order valence-electron chi connectivity index (χ3n) is 2.45. The van der Waals surface area contributed by atoms with Gasteiger partial charge in [0.2, 0.25) is 0 Å². The van der Waals surface area contributed by atoms with Gasteiger partial charge in [-0.2, -0.15) is 0 Å². The van der Waals surface area contributed by atoms with Gasteiger partial charge in [-0.3, -0.25) is 0 Å². The van der Waals surface area contributed by atoms with Gasteiger partial charge in [0.1, 0.15) is 20.5 Å². The molecule has 0 unspecified atom stereocenters. The van der Waals surface area contributed by atoms with Crippen molar-refractivity contribution in [2.45, 2.75) is 11.3 Å². The first-order valence-corrected chi connectivity index (χ1v) is 9.21. The number of rotatable bonds is 6. The fourth-order valence-corrected chi connectivity index (χ4v) is 3.88. The lowest BCUT2D eigenvalue weighted by Crippen LogP contribution is -2.13. The van der Waals surface area contributed by atoms with Crippen LogP contribution in [0.4, 0.5) is 5.69 Å². The lowest BCUT2D eigenvalue weighted by atomic mass is 10.3. The molecule has 0 saturated heterocycles. The predicted octanol–water partition coefficient (Wildman–Crippen LogP) is 0.486. The van der Waals surface area contributed by atoms with Crippen molar-refractivity contribution in [2.24, 2.45) is 0 Å². The molecule has 0 aliphatic carbocycles. The Bertz CT molecular complexity index is 650. The van der Waals surface area contributed by atoms with Crippen molar-refractivity contribution in [1.82, 2.24) is 0 Å². The lowest BCUT2D eigenvalue weighted by molar-refractivity contribution is 0.403. The summed E-state index contributed by atoms with van der Waals surface area (Å²) in [6.07, 6.45) is 1.12. The summed E-state index contributed by atoms with van der Waals surface area (Å²) >= 11 is 0. The van der Waals surface area contributed by atoms with Crippen LogP contribution < -0.4 is 10.5 Å². The van der Waals surface area contributed by atoms with Crippen molar-refractivity contribution in [1.29, 1.82) is 0 Å². The second kappa shape index (κ2) is 5.79. The number of anilines is 1. The van der Waals surface area contributed by atoms with Crippen LogP contribution in [0.2, 0.25) is 0 Å². The summed E-state index contributed by atoms with van der Waals surface area (Å²) in [5, 5.41) is 0. The van der Waals surface area contributed by atoms with E-state index in [1.54, 1.807) is 0 Å². The molecule has 0 heterocycles. The molecule has 1 aromatic carbocycles. The van der Waals surface area contributed by atoms with Gasteiger partial charge in [-0.25, -0.2) is 16.8 Å². The number of hydrogen-bond acceptors (Lipinski definition) is 6. The molecule has 6 nitrogen and oxygen atoms in total. The van der Waals surface area contributed by atoms with E-state index in [4.69, 9.17) is 10.5 Å². The molecule has 0 bridgehead atoms. The molecular formula is C11H17NO5S2. The van der Waals surface area contributed by atoms with E-state index in [-0.39, 0.29) is 28.6 Å². The Kier molecular flexibility index (Phi) is 4.81. The van der Waals surface area contributed by atoms with Gasteiger partial charge in [0.25, 0.3) is 0 Å². The fourth-order valence-electron chi connectivity index (χ4n) is 1.56. The first-order valence-electron chi connectivity index (χ1n) is 5.50. The van der Waals surface area contributed by atoms with E-state index >= 15 is 0 Å². The van der Waals surface area contributed by atoms with Crippen LogP contribution in [0.3, 0.4) is 0 Å². The molecule has 108 valence electrons. The zero-order chi connectivity index (χ0) is 14.7. The largest absolute Gasteiger partial charge is 0.495 e. The molecule has 0 radical (unpaired) electrons. The van der Waals surface area contributed by atoms with Crippen molar-refractivity contribution >= 4 is 25.4 Å². The number of ether oxygens (including phenoxy) is 1. The smallest absolute Gasteiger partial charge is 0.182 e. The van der Waals surface area contributed by atoms with Gasteiger partial charge in [0.15, 0.2) is 9.84 Å². The average Bonchev–Trinajstić information content (AvgIpc) is 2.26. The van der Waals surface area contributed by atoms with E-state index in [0.717, 1.165) is 6.26 Å². The molecule has 0 aliphatic heterocycles. The highest BCUT2D eigenvalue weighted by Gasteiger charge is 2.20. The molecule has 1 aromatic rings. The van der Waals surface area contributed by atoms with Gasteiger partial charge in [0.05, 0.1) is 18.6 Å². The molecule has 0 fully saturated rings. The van der Waals surface area contributed by atoms with Crippen LogP contribution in [0.25, 0.3) is 0 Å². The SMILES string of the molecule is COc1cc(N)ccc1S(=O)(=O)CCCS(C)(=O)=O.